The Morgan fingerprint density at radius 3 is 2.55 bits per heavy atom. The van der Waals surface area contributed by atoms with Crippen LogP contribution in [0.2, 0.25) is 0 Å². The number of fused-ring (bicyclic) bond motifs is 1. The van der Waals surface area contributed by atoms with Gasteiger partial charge in [-0.2, -0.15) is 0 Å². The molecule has 20 heavy (non-hydrogen) atoms. The standard InChI is InChI=1S/C16H24O4/c1-9(2)13-12(18)7-16(3)10(8-17)5-6-11(16)14(13)15(19)20-4/h8-11,13-14H,5-7H2,1-4H3/t10?,11-,13+,14+,16-/m0/s1. The molecule has 2 aliphatic carbocycles. The summed E-state index contributed by atoms with van der Waals surface area (Å²) < 4.78 is 4.96. The normalized spacial score (nSPS) is 40.5. The molecule has 2 saturated carbocycles. The molecule has 4 heteroatoms. The summed E-state index contributed by atoms with van der Waals surface area (Å²) in [6.45, 7) is 5.95. The minimum atomic E-state index is -0.392. The van der Waals surface area contributed by atoms with Crippen LogP contribution in [0, 0.1) is 35.0 Å². The van der Waals surface area contributed by atoms with Gasteiger partial charge in [0.15, 0.2) is 0 Å². The van der Waals surface area contributed by atoms with Crippen LogP contribution in [0.3, 0.4) is 0 Å². The highest BCUT2D eigenvalue weighted by Gasteiger charge is 2.59. The summed E-state index contributed by atoms with van der Waals surface area (Å²) in [4.78, 5) is 36.1. The molecule has 0 amide bonds. The lowest BCUT2D eigenvalue weighted by Gasteiger charge is -2.46. The van der Waals surface area contributed by atoms with Gasteiger partial charge in [-0.15, -0.1) is 0 Å². The Labute approximate surface area is 120 Å². The third-order valence-electron chi connectivity index (χ3n) is 5.59. The zero-order valence-corrected chi connectivity index (χ0v) is 12.7. The van der Waals surface area contributed by atoms with Gasteiger partial charge in [0.25, 0.3) is 0 Å². The Morgan fingerprint density at radius 2 is 2.05 bits per heavy atom. The van der Waals surface area contributed by atoms with Crippen LogP contribution in [0.1, 0.15) is 40.0 Å². The minimum absolute atomic E-state index is 0.0789. The van der Waals surface area contributed by atoms with E-state index in [0.717, 1.165) is 19.1 Å². The molecule has 0 heterocycles. The van der Waals surface area contributed by atoms with Gasteiger partial charge in [0.2, 0.25) is 0 Å². The SMILES string of the molecule is COC(=O)[C@H]1[C@H](C(C)C)C(=O)C[C@@]2(C)C(C=O)CC[C@@H]12. The van der Waals surface area contributed by atoms with Gasteiger partial charge in [-0.05, 0) is 30.1 Å². The summed E-state index contributed by atoms with van der Waals surface area (Å²) in [5.74, 6) is -0.761. The maximum Gasteiger partial charge on any atom is 0.309 e. The molecule has 4 nitrogen and oxygen atoms in total. The van der Waals surface area contributed by atoms with E-state index in [1.165, 1.54) is 7.11 Å². The number of rotatable bonds is 3. The number of ketones is 1. The summed E-state index contributed by atoms with van der Waals surface area (Å²) >= 11 is 0. The smallest absolute Gasteiger partial charge is 0.309 e. The third kappa shape index (κ3) is 2.09. The monoisotopic (exact) mass is 280 g/mol. The maximum absolute atomic E-state index is 12.6. The molecule has 0 N–H and O–H groups in total. The number of aldehydes is 1. The first kappa shape index (κ1) is 15.2. The molecule has 0 aliphatic heterocycles. The van der Waals surface area contributed by atoms with Gasteiger partial charge < -0.3 is 9.53 Å². The molecule has 5 atom stereocenters. The molecule has 0 spiro atoms. The van der Waals surface area contributed by atoms with Crippen molar-refractivity contribution in [2.75, 3.05) is 7.11 Å². The number of carbonyl (C=O) groups excluding carboxylic acids is 3. The second-order valence-corrected chi connectivity index (χ2v) is 6.89. The predicted molar refractivity (Wildman–Crippen MR) is 73.8 cm³/mol. The molecule has 2 rings (SSSR count). The minimum Gasteiger partial charge on any atom is -0.469 e. The van der Waals surface area contributed by atoms with Gasteiger partial charge in [0.1, 0.15) is 12.1 Å². The van der Waals surface area contributed by atoms with Crippen molar-refractivity contribution in [2.24, 2.45) is 35.0 Å². The summed E-state index contributed by atoms with van der Waals surface area (Å²) in [6, 6.07) is 0. The van der Waals surface area contributed by atoms with Gasteiger partial charge >= 0.3 is 5.97 Å². The molecular weight excluding hydrogens is 256 g/mol. The topological polar surface area (TPSA) is 60.4 Å². The molecule has 112 valence electrons. The van der Waals surface area contributed by atoms with E-state index in [4.69, 9.17) is 4.74 Å². The molecule has 0 radical (unpaired) electrons. The van der Waals surface area contributed by atoms with Crippen molar-refractivity contribution in [2.45, 2.75) is 40.0 Å². The largest absolute Gasteiger partial charge is 0.469 e. The van der Waals surface area contributed by atoms with Crippen molar-refractivity contribution in [3.8, 4) is 0 Å². The van der Waals surface area contributed by atoms with Gasteiger partial charge in [0.05, 0.1) is 13.0 Å². The Balaban J connectivity index is 2.44. The fourth-order valence-corrected chi connectivity index (χ4v) is 4.55. The van der Waals surface area contributed by atoms with Gasteiger partial charge in [-0.25, -0.2) is 0 Å². The molecule has 2 fully saturated rings. The molecule has 0 bridgehead atoms. The average Bonchev–Trinajstić information content (AvgIpc) is 2.71. The highest BCUT2D eigenvalue weighted by atomic mass is 16.5. The second kappa shape index (κ2) is 5.30. The van der Waals surface area contributed by atoms with E-state index in [-0.39, 0.29) is 40.8 Å². The maximum atomic E-state index is 12.6. The van der Waals surface area contributed by atoms with E-state index in [1.54, 1.807) is 0 Å². The van der Waals surface area contributed by atoms with Crippen molar-refractivity contribution >= 4 is 18.0 Å². The van der Waals surface area contributed by atoms with E-state index < -0.39 is 5.92 Å². The number of hydrogen-bond acceptors (Lipinski definition) is 4. The molecule has 0 aromatic heterocycles. The van der Waals surface area contributed by atoms with Crippen LogP contribution in [-0.2, 0) is 19.1 Å². The van der Waals surface area contributed by atoms with E-state index in [9.17, 15) is 14.4 Å². The number of carbonyl (C=O) groups is 3. The first-order valence-electron chi connectivity index (χ1n) is 7.42. The van der Waals surface area contributed by atoms with Crippen LogP contribution in [-0.4, -0.2) is 25.1 Å². The third-order valence-corrected chi connectivity index (χ3v) is 5.59. The Morgan fingerprint density at radius 1 is 1.40 bits per heavy atom. The van der Waals surface area contributed by atoms with Crippen LogP contribution < -0.4 is 0 Å². The van der Waals surface area contributed by atoms with E-state index in [1.807, 2.05) is 20.8 Å². The number of esters is 1. The number of methoxy groups -OCH3 is 1. The van der Waals surface area contributed by atoms with Crippen LogP contribution in [0.25, 0.3) is 0 Å². The predicted octanol–water partition coefficient (Wildman–Crippen LogP) is 2.25. The molecule has 0 saturated heterocycles. The zero-order chi connectivity index (χ0) is 15.1. The van der Waals surface area contributed by atoms with E-state index in [0.29, 0.717) is 6.42 Å². The van der Waals surface area contributed by atoms with Crippen molar-refractivity contribution in [3.05, 3.63) is 0 Å². The molecule has 0 aromatic carbocycles. The lowest BCUT2D eigenvalue weighted by molar-refractivity contribution is -0.162. The number of ether oxygens (including phenoxy) is 1. The summed E-state index contributed by atoms with van der Waals surface area (Å²) in [5.41, 5.74) is -0.372. The second-order valence-electron chi connectivity index (χ2n) is 6.89. The number of hydrogen-bond donors (Lipinski definition) is 0. The zero-order valence-electron chi connectivity index (χ0n) is 12.7. The lowest BCUT2D eigenvalue weighted by Crippen LogP contribution is -2.51. The van der Waals surface area contributed by atoms with Gasteiger partial charge in [0, 0.05) is 18.3 Å². The van der Waals surface area contributed by atoms with Crippen molar-refractivity contribution in [3.63, 3.8) is 0 Å². The molecule has 1 unspecified atom stereocenters. The molecule has 2 aliphatic rings. The van der Waals surface area contributed by atoms with Crippen molar-refractivity contribution in [1.82, 2.24) is 0 Å². The van der Waals surface area contributed by atoms with Crippen molar-refractivity contribution in [1.29, 1.82) is 0 Å². The molecule has 0 aromatic rings. The Hall–Kier alpha value is -1.19. The van der Waals surface area contributed by atoms with Crippen LogP contribution >= 0.6 is 0 Å². The van der Waals surface area contributed by atoms with Crippen LogP contribution in [0.5, 0.6) is 0 Å². The number of Topliss-reactive ketones (excluding diaryl/α,β-unsaturated/α-hetero) is 1. The highest BCUT2D eigenvalue weighted by molar-refractivity contribution is 5.90. The Kier molecular flexibility index (Phi) is 4.03. The highest BCUT2D eigenvalue weighted by Crippen LogP contribution is 2.58. The first-order valence-corrected chi connectivity index (χ1v) is 7.42. The van der Waals surface area contributed by atoms with Crippen LogP contribution in [0.15, 0.2) is 0 Å². The van der Waals surface area contributed by atoms with Crippen LogP contribution in [0.4, 0.5) is 0 Å². The van der Waals surface area contributed by atoms with Crippen molar-refractivity contribution < 1.29 is 19.1 Å². The average molecular weight is 280 g/mol. The Bertz CT molecular complexity index is 428. The lowest BCUT2D eigenvalue weighted by atomic mass is 9.56. The summed E-state index contributed by atoms with van der Waals surface area (Å²) in [7, 11) is 1.38. The fraction of sp³-hybridized carbons (Fsp3) is 0.812. The van der Waals surface area contributed by atoms with E-state index in [2.05, 4.69) is 0 Å². The quantitative estimate of drug-likeness (QED) is 0.587. The van der Waals surface area contributed by atoms with Gasteiger partial charge in [-0.1, -0.05) is 20.8 Å². The first-order chi connectivity index (χ1) is 9.36. The van der Waals surface area contributed by atoms with E-state index >= 15 is 0 Å². The molecular formula is C16H24O4. The van der Waals surface area contributed by atoms with Gasteiger partial charge in [-0.3, -0.25) is 9.59 Å². The fourth-order valence-electron chi connectivity index (χ4n) is 4.55. The summed E-state index contributed by atoms with van der Waals surface area (Å²) in [5, 5.41) is 0. The summed E-state index contributed by atoms with van der Waals surface area (Å²) in [6.07, 6.45) is 2.99.